The van der Waals surface area contributed by atoms with E-state index in [0.29, 0.717) is 0 Å². The van der Waals surface area contributed by atoms with Crippen molar-refractivity contribution < 1.29 is 0 Å². The Hall–Kier alpha value is -3.18. The molecule has 0 spiro atoms. The van der Waals surface area contributed by atoms with Crippen molar-refractivity contribution in [2.45, 2.75) is 13.3 Å². The van der Waals surface area contributed by atoms with E-state index in [1.807, 2.05) is 6.20 Å². The van der Waals surface area contributed by atoms with E-state index in [0.717, 1.165) is 60.5 Å². The molecule has 30 heavy (non-hydrogen) atoms. The van der Waals surface area contributed by atoms with E-state index in [9.17, 15) is 0 Å². The molecule has 5 nitrogen and oxygen atoms in total. The lowest BCUT2D eigenvalue weighted by atomic mass is 10.0. The molecule has 2 aromatic carbocycles. The van der Waals surface area contributed by atoms with E-state index in [2.05, 4.69) is 93.5 Å². The molecular weight excluding hydrogens is 370 g/mol. The number of fused-ring (bicyclic) bond motifs is 1. The number of aromatic nitrogens is 3. The Morgan fingerprint density at radius 3 is 2.27 bits per heavy atom. The lowest BCUT2D eigenvalue weighted by Gasteiger charge is -2.34. The Balaban J connectivity index is 1.44. The topological polar surface area (TPSA) is 48.1 Å². The average molecular weight is 398 g/mol. The molecule has 5 rings (SSSR count). The van der Waals surface area contributed by atoms with Crippen LogP contribution in [0.5, 0.6) is 0 Å². The normalized spacial score (nSPS) is 15.1. The molecule has 0 aliphatic carbocycles. The van der Waals surface area contributed by atoms with Crippen molar-refractivity contribution in [3.8, 4) is 22.4 Å². The summed E-state index contributed by atoms with van der Waals surface area (Å²) in [5, 5.41) is 8.67. The van der Waals surface area contributed by atoms with Crippen LogP contribution in [-0.4, -0.2) is 53.3 Å². The number of nitrogens with one attached hydrogen (secondary N) is 1. The average Bonchev–Trinajstić information content (AvgIpc) is 3.23. The maximum atomic E-state index is 4.62. The summed E-state index contributed by atoms with van der Waals surface area (Å²) in [4.78, 5) is 9.46. The summed E-state index contributed by atoms with van der Waals surface area (Å²) < 4.78 is 0. The van der Waals surface area contributed by atoms with Crippen molar-refractivity contribution in [2.24, 2.45) is 0 Å². The van der Waals surface area contributed by atoms with Gasteiger partial charge in [0.15, 0.2) is 5.65 Å². The molecule has 1 aliphatic heterocycles. The maximum absolute atomic E-state index is 4.62. The van der Waals surface area contributed by atoms with Crippen LogP contribution in [0.2, 0.25) is 0 Å². The number of hydrogen-bond donors (Lipinski definition) is 1. The molecule has 0 saturated carbocycles. The zero-order valence-electron chi connectivity index (χ0n) is 17.6. The number of rotatable bonds is 4. The van der Waals surface area contributed by atoms with Gasteiger partial charge in [-0.05, 0) is 42.8 Å². The molecule has 3 heterocycles. The zero-order valence-corrected chi connectivity index (χ0v) is 17.6. The van der Waals surface area contributed by atoms with Gasteiger partial charge in [0.25, 0.3) is 0 Å². The van der Waals surface area contributed by atoms with Gasteiger partial charge in [-0.25, -0.2) is 4.98 Å². The highest BCUT2D eigenvalue weighted by molar-refractivity contribution is 5.93. The lowest BCUT2D eigenvalue weighted by Crippen LogP contribution is -2.44. The number of benzene rings is 2. The van der Waals surface area contributed by atoms with Gasteiger partial charge in [0.2, 0.25) is 0 Å². The predicted octanol–water partition coefficient (Wildman–Crippen LogP) is 4.61. The zero-order chi connectivity index (χ0) is 20.5. The third kappa shape index (κ3) is 3.57. The molecule has 4 aromatic rings. The van der Waals surface area contributed by atoms with Crippen LogP contribution in [0.25, 0.3) is 33.4 Å². The summed E-state index contributed by atoms with van der Waals surface area (Å²) in [7, 11) is 2.19. The molecule has 1 fully saturated rings. The Kier molecular flexibility index (Phi) is 4.97. The molecule has 2 aromatic heterocycles. The fraction of sp³-hybridized carbons (Fsp3) is 0.280. The largest absolute Gasteiger partial charge is 0.369 e. The van der Waals surface area contributed by atoms with E-state index in [4.69, 9.17) is 0 Å². The van der Waals surface area contributed by atoms with Crippen LogP contribution in [0.3, 0.4) is 0 Å². The van der Waals surface area contributed by atoms with Gasteiger partial charge in [-0.1, -0.05) is 43.3 Å². The van der Waals surface area contributed by atoms with Gasteiger partial charge in [-0.15, -0.1) is 0 Å². The Bertz CT molecular complexity index is 1140. The second-order valence-corrected chi connectivity index (χ2v) is 8.08. The van der Waals surface area contributed by atoms with Crippen molar-refractivity contribution in [1.82, 2.24) is 20.1 Å². The first-order chi connectivity index (χ1) is 14.7. The summed E-state index contributed by atoms with van der Waals surface area (Å²) in [6, 6.07) is 19.7. The summed E-state index contributed by atoms with van der Waals surface area (Å²) >= 11 is 0. The van der Waals surface area contributed by atoms with E-state index >= 15 is 0 Å². The summed E-state index contributed by atoms with van der Waals surface area (Å²) in [6.45, 7) is 6.57. The van der Waals surface area contributed by atoms with E-state index in [1.165, 1.54) is 16.8 Å². The highest BCUT2D eigenvalue weighted by Gasteiger charge is 2.15. The second kappa shape index (κ2) is 7.92. The Labute approximate surface area is 177 Å². The number of nitrogens with zero attached hydrogens (tertiary/aromatic N) is 4. The molecule has 152 valence electrons. The molecule has 5 heteroatoms. The van der Waals surface area contributed by atoms with Crippen LogP contribution >= 0.6 is 0 Å². The van der Waals surface area contributed by atoms with Crippen molar-refractivity contribution in [1.29, 1.82) is 0 Å². The van der Waals surface area contributed by atoms with Gasteiger partial charge in [0, 0.05) is 54.6 Å². The summed E-state index contributed by atoms with van der Waals surface area (Å²) in [6.07, 6.45) is 2.97. The van der Waals surface area contributed by atoms with Crippen LogP contribution in [0.4, 0.5) is 5.69 Å². The number of hydrogen-bond acceptors (Lipinski definition) is 4. The summed E-state index contributed by atoms with van der Waals surface area (Å²) in [5.41, 5.74) is 7.80. The molecular formula is C25H27N5. The number of piperazine rings is 1. The minimum Gasteiger partial charge on any atom is -0.369 e. The van der Waals surface area contributed by atoms with Crippen LogP contribution in [-0.2, 0) is 6.42 Å². The fourth-order valence-electron chi connectivity index (χ4n) is 4.11. The quantitative estimate of drug-likeness (QED) is 0.546. The van der Waals surface area contributed by atoms with E-state index in [1.54, 1.807) is 0 Å². The summed E-state index contributed by atoms with van der Waals surface area (Å²) in [5.74, 6) is 0. The Morgan fingerprint density at radius 1 is 0.867 bits per heavy atom. The van der Waals surface area contributed by atoms with Crippen LogP contribution in [0, 0.1) is 0 Å². The molecule has 0 unspecified atom stereocenters. The standard InChI is InChI=1S/C25H27N5/c1-3-18-4-6-20(7-5-18)24-23-16-21(17-26-25(23)28-27-24)19-8-10-22(11-9-19)30-14-12-29(2)13-15-30/h4-11,16-17H,3,12-15H2,1-2H3,(H,26,27,28). The van der Waals surface area contributed by atoms with Gasteiger partial charge in [-0.2, -0.15) is 5.10 Å². The number of likely N-dealkylation sites (N-methyl/N-ethyl adjacent to an activating group) is 1. The molecule has 0 amide bonds. The number of aryl methyl sites for hydroxylation is 1. The molecule has 0 radical (unpaired) electrons. The van der Waals surface area contributed by atoms with Crippen LogP contribution in [0.1, 0.15) is 12.5 Å². The van der Waals surface area contributed by atoms with Crippen molar-refractivity contribution in [2.75, 3.05) is 38.1 Å². The minimum atomic E-state index is 0.822. The monoisotopic (exact) mass is 397 g/mol. The first-order valence-electron chi connectivity index (χ1n) is 10.7. The molecule has 1 N–H and O–H groups in total. The third-order valence-corrected chi connectivity index (χ3v) is 6.12. The van der Waals surface area contributed by atoms with E-state index < -0.39 is 0 Å². The lowest BCUT2D eigenvalue weighted by molar-refractivity contribution is 0.313. The first-order valence-corrected chi connectivity index (χ1v) is 10.7. The number of anilines is 1. The minimum absolute atomic E-state index is 0.822. The fourth-order valence-corrected chi connectivity index (χ4v) is 4.11. The van der Waals surface area contributed by atoms with Crippen molar-refractivity contribution in [3.05, 3.63) is 66.4 Å². The van der Waals surface area contributed by atoms with Crippen molar-refractivity contribution in [3.63, 3.8) is 0 Å². The molecule has 0 atom stereocenters. The molecule has 0 bridgehead atoms. The highest BCUT2D eigenvalue weighted by atomic mass is 15.2. The smallest absolute Gasteiger partial charge is 0.155 e. The van der Waals surface area contributed by atoms with E-state index in [-0.39, 0.29) is 0 Å². The van der Waals surface area contributed by atoms with Gasteiger partial charge in [0.05, 0.1) is 0 Å². The van der Waals surface area contributed by atoms with Crippen molar-refractivity contribution >= 4 is 16.7 Å². The van der Waals surface area contributed by atoms with Gasteiger partial charge in [-0.3, -0.25) is 5.10 Å². The van der Waals surface area contributed by atoms with Crippen LogP contribution < -0.4 is 4.90 Å². The molecule has 1 aliphatic rings. The SMILES string of the molecule is CCc1ccc(-c2n[nH]c3ncc(-c4ccc(N5CCN(C)CC5)cc4)cc23)cc1. The molecule has 1 saturated heterocycles. The first kappa shape index (κ1) is 18.8. The highest BCUT2D eigenvalue weighted by Crippen LogP contribution is 2.30. The van der Waals surface area contributed by atoms with Gasteiger partial charge in [0.1, 0.15) is 5.69 Å². The number of H-pyrrole nitrogens is 1. The Morgan fingerprint density at radius 2 is 1.57 bits per heavy atom. The van der Waals surface area contributed by atoms with Gasteiger partial charge >= 0.3 is 0 Å². The second-order valence-electron chi connectivity index (χ2n) is 8.08. The maximum Gasteiger partial charge on any atom is 0.155 e. The predicted molar refractivity (Wildman–Crippen MR) is 124 cm³/mol. The number of pyridine rings is 1. The van der Waals surface area contributed by atoms with Crippen LogP contribution in [0.15, 0.2) is 60.8 Å². The number of aromatic amines is 1. The third-order valence-electron chi connectivity index (χ3n) is 6.12. The van der Waals surface area contributed by atoms with Gasteiger partial charge < -0.3 is 9.80 Å².